The SMILES string of the molecule is Cc1cc(C)nc([C@H]2CC[C@H](c3nnc4n3-c3ccc(Cl)cc3CN(C(=O)OC(C)(C)C)C4)CC2)n1. The monoisotopic (exact) mass is 508 g/mol. The molecule has 1 fully saturated rings. The van der Waals surface area contributed by atoms with Crippen LogP contribution < -0.4 is 0 Å². The Balaban J connectivity index is 1.43. The Morgan fingerprint density at radius 1 is 0.972 bits per heavy atom. The molecule has 0 unspecified atom stereocenters. The minimum atomic E-state index is -0.586. The predicted octanol–water partition coefficient (Wildman–Crippen LogP) is 6.02. The fourth-order valence-corrected chi connectivity index (χ4v) is 5.49. The van der Waals surface area contributed by atoms with Crippen molar-refractivity contribution in [2.24, 2.45) is 0 Å². The van der Waals surface area contributed by atoms with Gasteiger partial charge in [0.1, 0.15) is 17.2 Å². The molecule has 0 saturated heterocycles. The predicted molar refractivity (Wildman–Crippen MR) is 137 cm³/mol. The van der Waals surface area contributed by atoms with Crippen LogP contribution in [0.5, 0.6) is 0 Å². The fraction of sp³-hybridized carbons (Fsp3) is 0.519. The van der Waals surface area contributed by atoms with Gasteiger partial charge in [0.05, 0.1) is 18.8 Å². The van der Waals surface area contributed by atoms with Gasteiger partial charge in [0, 0.05) is 28.2 Å². The van der Waals surface area contributed by atoms with E-state index in [4.69, 9.17) is 26.3 Å². The first-order valence-electron chi connectivity index (χ1n) is 12.6. The van der Waals surface area contributed by atoms with Crippen LogP contribution in [0.3, 0.4) is 0 Å². The lowest BCUT2D eigenvalue weighted by molar-refractivity contribution is 0.0214. The third-order valence-electron chi connectivity index (χ3n) is 6.84. The summed E-state index contributed by atoms with van der Waals surface area (Å²) in [6.45, 7) is 10.4. The molecule has 1 aromatic carbocycles. The van der Waals surface area contributed by atoms with Crippen molar-refractivity contribution >= 4 is 17.7 Å². The summed E-state index contributed by atoms with van der Waals surface area (Å²) < 4.78 is 7.80. The largest absolute Gasteiger partial charge is 0.444 e. The summed E-state index contributed by atoms with van der Waals surface area (Å²) in [5, 5.41) is 9.83. The minimum absolute atomic E-state index is 0.269. The van der Waals surface area contributed by atoms with Gasteiger partial charge < -0.3 is 4.74 Å². The van der Waals surface area contributed by atoms with Gasteiger partial charge >= 0.3 is 6.09 Å². The number of rotatable bonds is 2. The second-order valence-corrected chi connectivity index (χ2v) is 11.4. The molecular weight excluding hydrogens is 476 g/mol. The van der Waals surface area contributed by atoms with Gasteiger partial charge in [-0.2, -0.15) is 0 Å². The number of benzene rings is 1. The topological polar surface area (TPSA) is 86.0 Å². The molecule has 36 heavy (non-hydrogen) atoms. The van der Waals surface area contributed by atoms with E-state index < -0.39 is 5.60 Å². The summed E-state index contributed by atoms with van der Waals surface area (Å²) in [6, 6.07) is 7.82. The fourth-order valence-electron chi connectivity index (χ4n) is 5.29. The summed E-state index contributed by atoms with van der Waals surface area (Å²) in [5.74, 6) is 3.26. The molecule has 0 radical (unpaired) electrons. The highest BCUT2D eigenvalue weighted by molar-refractivity contribution is 6.30. The van der Waals surface area contributed by atoms with Crippen LogP contribution >= 0.6 is 11.6 Å². The second kappa shape index (κ2) is 9.47. The number of hydrogen-bond acceptors (Lipinski definition) is 6. The van der Waals surface area contributed by atoms with Crippen molar-refractivity contribution in [2.45, 2.75) is 90.8 Å². The van der Waals surface area contributed by atoms with Gasteiger partial charge in [-0.25, -0.2) is 14.8 Å². The first kappa shape index (κ1) is 24.7. The third kappa shape index (κ3) is 5.09. The van der Waals surface area contributed by atoms with Crippen molar-refractivity contribution in [1.29, 1.82) is 0 Å². The number of aryl methyl sites for hydroxylation is 2. The molecular formula is C27H33ClN6O2. The van der Waals surface area contributed by atoms with Crippen molar-refractivity contribution in [1.82, 2.24) is 29.6 Å². The van der Waals surface area contributed by atoms with Gasteiger partial charge in [-0.15, -0.1) is 10.2 Å². The lowest BCUT2D eigenvalue weighted by Gasteiger charge is -2.28. The van der Waals surface area contributed by atoms with Crippen LogP contribution in [0.4, 0.5) is 4.79 Å². The summed E-state index contributed by atoms with van der Waals surface area (Å²) in [6.07, 6.45) is 3.61. The van der Waals surface area contributed by atoms with Crippen LogP contribution in [0.15, 0.2) is 24.3 Å². The summed E-state index contributed by atoms with van der Waals surface area (Å²) in [5.41, 5.74) is 3.38. The van der Waals surface area contributed by atoms with E-state index in [1.165, 1.54) is 0 Å². The molecule has 0 spiro atoms. The first-order valence-corrected chi connectivity index (χ1v) is 13.0. The normalized spacial score (nSPS) is 19.9. The lowest BCUT2D eigenvalue weighted by atomic mass is 9.81. The van der Waals surface area contributed by atoms with Crippen molar-refractivity contribution in [3.05, 3.63) is 63.7 Å². The van der Waals surface area contributed by atoms with Crippen molar-refractivity contribution in [3.63, 3.8) is 0 Å². The highest BCUT2D eigenvalue weighted by atomic mass is 35.5. The van der Waals surface area contributed by atoms with Crippen LogP contribution in [0.2, 0.25) is 5.02 Å². The van der Waals surface area contributed by atoms with E-state index in [1.54, 1.807) is 4.90 Å². The van der Waals surface area contributed by atoms with Crippen LogP contribution in [0.25, 0.3) is 5.69 Å². The molecule has 1 amide bonds. The van der Waals surface area contributed by atoms with Gasteiger partial charge in [0.25, 0.3) is 0 Å². The maximum absolute atomic E-state index is 13.0. The molecule has 0 bridgehead atoms. The van der Waals surface area contributed by atoms with E-state index >= 15 is 0 Å². The van der Waals surface area contributed by atoms with E-state index in [1.807, 2.05) is 58.9 Å². The third-order valence-corrected chi connectivity index (χ3v) is 7.07. The van der Waals surface area contributed by atoms with E-state index in [0.717, 1.165) is 65.8 Å². The molecule has 0 N–H and O–H groups in total. The van der Waals surface area contributed by atoms with Crippen molar-refractivity contribution < 1.29 is 9.53 Å². The van der Waals surface area contributed by atoms with Gasteiger partial charge in [0.15, 0.2) is 5.82 Å². The van der Waals surface area contributed by atoms with Gasteiger partial charge in [-0.1, -0.05) is 11.6 Å². The van der Waals surface area contributed by atoms with Crippen LogP contribution in [-0.2, 0) is 17.8 Å². The smallest absolute Gasteiger partial charge is 0.411 e. The van der Waals surface area contributed by atoms with Crippen LogP contribution in [0, 0.1) is 13.8 Å². The minimum Gasteiger partial charge on any atom is -0.444 e. The molecule has 0 atom stereocenters. The molecule has 9 heteroatoms. The highest BCUT2D eigenvalue weighted by Gasteiger charge is 2.33. The number of aromatic nitrogens is 5. The Morgan fingerprint density at radius 2 is 1.64 bits per heavy atom. The summed E-state index contributed by atoms with van der Waals surface area (Å²) >= 11 is 6.36. The average molecular weight is 509 g/mol. The van der Waals surface area contributed by atoms with Crippen LogP contribution in [0.1, 0.15) is 92.7 Å². The molecule has 2 aromatic heterocycles. The zero-order valence-electron chi connectivity index (χ0n) is 21.6. The summed E-state index contributed by atoms with van der Waals surface area (Å²) in [7, 11) is 0. The molecule has 190 valence electrons. The van der Waals surface area contributed by atoms with Crippen LogP contribution in [-0.4, -0.2) is 41.3 Å². The van der Waals surface area contributed by atoms with Gasteiger partial charge in [0.2, 0.25) is 0 Å². The zero-order chi connectivity index (χ0) is 25.6. The van der Waals surface area contributed by atoms with E-state index in [2.05, 4.69) is 14.8 Å². The van der Waals surface area contributed by atoms with E-state index in [9.17, 15) is 4.79 Å². The molecule has 8 nitrogen and oxygen atoms in total. The number of carbonyl (C=O) groups excluding carboxylic acids is 1. The summed E-state index contributed by atoms with van der Waals surface area (Å²) in [4.78, 5) is 24.1. The molecule has 1 aliphatic heterocycles. The number of carbonyl (C=O) groups is 1. The molecule has 2 aliphatic rings. The molecule has 1 aliphatic carbocycles. The number of halogens is 1. The Labute approximate surface area is 217 Å². The standard InChI is InChI=1S/C27H33ClN6O2/c1-16-12-17(2)30-24(29-16)18-6-8-19(9-7-18)25-32-31-23-15-33(26(35)36-27(3,4)5)14-20-13-21(28)10-11-22(20)34(23)25/h10-13,18-19H,6-9,14-15H2,1-5H3/t18-,19-. The van der Waals surface area contributed by atoms with Crippen molar-refractivity contribution in [2.75, 3.05) is 0 Å². The quantitative estimate of drug-likeness (QED) is 0.420. The molecule has 3 heterocycles. The molecule has 1 saturated carbocycles. The van der Waals surface area contributed by atoms with E-state index in [-0.39, 0.29) is 12.0 Å². The Kier molecular flexibility index (Phi) is 6.49. The molecule has 5 rings (SSSR count). The Hall–Kier alpha value is -3.00. The van der Waals surface area contributed by atoms with E-state index in [0.29, 0.717) is 24.0 Å². The maximum Gasteiger partial charge on any atom is 0.411 e. The number of hydrogen-bond donors (Lipinski definition) is 0. The Bertz CT molecular complexity index is 1270. The first-order chi connectivity index (χ1) is 17.1. The number of fused-ring (bicyclic) bond motifs is 3. The number of amides is 1. The molecule has 3 aromatic rings. The van der Waals surface area contributed by atoms with Crippen molar-refractivity contribution in [3.8, 4) is 5.69 Å². The Morgan fingerprint density at radius 3 is 2.31 bits per heavy atom. The maximum atomic E-state index is 13.0. The number of nitrogens with zero attached hydrogens (tertiary/aromatic N) is 6. The lowest BCUT2D eigenvalue weighted by Crippen LogP contribution is -2.35. The average Bonchev–Trinajstić information content (AvgIpc) is 3.13. The second-order valence-electron chi connectivity index (χ2n) is 11.0. The number of ether oxygens (including phenoxy) is 1. The zero-order valence-corrected chi connectivity index (χ0v) is 22.3. The highest BCUT2D eigenvalue weighted by Crippen LogP contribution is 2.41. The van der Waals surface area contributed by atoms with Gasteiger partial charge in [-0.3, -0.25) is 9.47 Å². The van der Waals surface area contributed by atoms with Gasteiger partial charge in [-0.05, 0) is 90.1 Å².